The second-order valence-electron chi connectivity index (χ2n) is 10.7. The Kier molecular flexibility index (Phi) is 5.92. The Labute approximate surface area is 216 Å². The van der Waals surface area contributed by atoms with Gasteiger partial charge in [-0.25, -0.2) is 4.98 Å². The van der Waals surface area contributed by atoms with E-state index in [2.05, 4.69) is 28.4 Å². The summed E-state index contributed by atoms with van der Waals surface area (Å²) in [4.78, 5) is 27.9. The number of nitrogens with zero attached hydrogens (tertiary/aromatic N) is 4. The smallest absolute Gasteiger partial charge is 0.227 e. The molecular weight excluding hydrogens is 474 g/mol. The quantitative estimate of drug-likeness (QED) is 0.635. The molecule has 0 spiro atoms. The highest BCUT2D eigenvalue weighted by Gasteiger charge is 2.36. The highest BCUT2D eigenvalue weighted by molar-refractivity contribution is 7.99. The van der Waals surface area contributed by atoms with Crippen molar-refractivity contribution in [2.24, 2.45) is 5.92 Å². The number of benzene rings is 1. The summed E-state index contributed by atoms with van der Waals surface area (Å²) in [6, 6.07) is 6.74. The van der Waals surface area contributed by atoms with E-state index in [1.54, 1.807) is 0 Å². The molecule has 2 saturated heterocycles. The first-order valence-corrected chi connectivity index (χ1v) is 14.4. The van der Waals surface area contributed by atoms with Crippen LogP contribution in [0.2, 0.25) is 0 Å². The molecular formula is C27H33N5O3S. The third-order valence-electron chi connectivity index (χ3n) is 7.94. The Bertz CT molecular complexity index is 1170. The average molecular weight is 508 g/mol. The summed E-state index contributed by atoms with van der Waals surface area (Å²) in [5.74, 6) is 4.38. The lowest BCUT2D eigenvalue weighted by Crippen LogP contribution is -2.30. The van der Waals surface area contributed by atoms with E-state index in [0.717, 1.165) is 94.6 Å². The van der Waals surface area contributed by atoms with E-state index in [4.69, 9.17) is 19.4 Å². The van der Waals surface area contributed by atoms with Crippen LogP contribution in [0.5, 0.6) is 5.75 Å². The number of thioether (sulfide) groups is 1. The van der Waals surface area contributed by atoms with Gasteiger partial charge in [-0.2, -0.15) is 4.98 Å². The predicted octanol–water partition coefficient (Wildman–Crippen LogP) is 3.63. The number of hydrogen-bond acceptors (Lipinski definition) is 8. The molecule has 9 heteroatoms. The van der Waals surface area contributed by atoms with E-state index < -0.39 is 0 Å². The molecule has 1 aliphatic carbocycles. The number of hydrogen-bond donors (Lipinski definition) is 1. The molecule has 1 N–H and O–H groups in total. The van der Waals surface area contributed by atoms with E-state index in [-0.39, 0.29) is 12.0 Å². The number of amides is 1. The second-order valence-corrected chi connectivity index (χ2v) is 11.8. The third kappa shape index (κ3) is 4.52. The van der Waals surface area contributed by atoms with Gasteiger partial charge >= 0.3 is 0 Å². The van der Waals surface area contributed by atoms with Gasteiger partial charge in [-0.3, -0.25) is 4.79 Å². The summed E-state index contributed by atoms with van der Waals surface area (Å²) in [6.07, 6.45) is 6.20. The predicted molar refractivity (Wildman–Crippen MR) is 139 cm³/mol. The lowest BCUT2D eigenvalue weighted by atomic mass is 10.1. The first kappa shape index (κ1) is 22.7. The van der Waals surface area contributed by atoms with Gasteiger partial charge in [-0.05, 0) is 48.9 Å². The van der Waals surface area contributed by atoms with Crippen molar-refractivity contribution in [3.8, 4) is 5.75 Å². The molecule has 1 aromatic carbocycles. The molecule has 2 aromatic rings. The maximum Gasteiger partial charge on any atom is 0.227 e. The average Bonchev–Trinajstić information content (AvgIpc) is 3.27. The summed E-state index contributed by atoms with van der Waals surface area (Å²) in [5.41, 5.74) is 3.64. The number of carbonyl (C=O) groups excluding carboxylic acids is 1. The second kappa shape index (κ2) is 9.41. The molecule has 0 radical (unpaired) electrons. The molecule has 1 aromatic heterocycles. The van der Waals surface area contributed by atoms with Gasteiger partial charge in [0, 0.05) is 63.4 Å². The van der Waals surface area contributed by atoms with Crippen molar-refractivity contribution < 1.29 is 14.3 Å². The van der Waals surface area contributed by atoms with Crippen LogP contribution in [0.1, 0.15) is 48.9 Å². The molecule has 5 aliphatic rings. The highest BCUT2D eigenvalue weighted by Crippen LogP contribution is 2.38. The SMILES string of the molecule is O=C(C1CC1)N1Cc2ccc(OC3CCN(c4nc5c(c(NC6CCOCC6)n4)SCC5)C3)cc2C1. The van der Waals surface area contributed by atoms with Crippen LogP contribution < -0.4 is 15.0 Å². The normalized spacial score (nSPS) is 23.6. The lowest BCUT2D eigenvalue weighted by Gasteiger charge is -2.25. The maximum atomic E-state index is 12.5. The number of nitrogens with one attached hydrogen (secondary N) is 1. The standard InChI is InChI=1S/C27H33N5O3S/c33-26(17-1-2-17)32-14-18-3-4-21(13-19(18)15-32)35-22-5-9-31(16-22)27-29-23-8-12-36-24(23)25(30-27)28-20-6-10-34-11-7-20/h3-4,13,17,20,22H,1-2,5-12,14-16H2,(H,28,29,30). The van der Waals surface area contributed by atoms with Gasteiger partial charge in [0.05, 0.1) is 17.1 Å². The summed E-state index contributed by atoms with van der Waals surface area (Å²) in [7, 11) is 0. The molecule has 8 nitrogen and oxygen atoms in total. The molecule has 0 bridgehead atoms. The fourth-order valence-corrected chi connectivity index (χ4v) is 6.77. The van der Waals surface area contributed by atoms with E-state index in [0.29, 0.717) is 18.5 Å². The largest absolute Gasteiger partial charge is 0.489 e. The van der Waals surface area contributed by atoms with Gasteiger partial charge in [-0.1, -0.05) is 6.07 Å². The van der Waals surface area contributed by atoms with Gasteiger partial charge in [0.25, 0.3) is 0 Å². The number of aryl methyl sites for hydroxylation is 1. The van der Waals surface area contributed by atoms with Crippen LogP contribution in [0, 0.1) is 5.92 Å². The van der Waals surface area contributed by atoms with Gasteiger partial charge in [0.15, 0.2) is 0 Å². The molecule has 7 rings (SSSR count). The Morgan fingerprint density at radius 1 is 1.08 bits per heavy atom. The van der Waals surface area contributed by atoms with Gasteiger partial charge in [-0.15, -0.1) is 11.8 Å². The number of aromatic nitrogens is 2. The van der Waals surface area contributed by atoms with Crippen molar-refractivity contribution >= 4 is 29.4 Å². The molecule has 3 fully saturated rings. The van der Waals surface area contributed by atoms with Crippen LogP contribution in [0.4, 0.5) is 11.8 Å². The number of carbonyl (C=O) groups is 1. The number of anilines is 2. The summed E-state index contributed by atoms with van der Waals surface area (Å²) in [6.45, 7) is 4.75. The molecule has 1 amide bonds. The molecule has 1 saturated carbocycles. The molecule has 4 aliphatic heterocycles. The fourth-order valence-electron chi connectivity index (χ4n) is 5.72. The minimum Gasteiger partial charge on any atom is -0.489 e. The van der Waals surface area contributed by atoms with E-state index in [1.807, 2.05) is 16.7 Å². The van der Waals surface area contributed by atoms with Crippen molar-refractivity contribution in [1.82, 2.24) is 14.9 Å². The van der Waals surface area contributed by atoms with E-state index in [1.165, 1.54) is 21.7 Å². The van der Waals surface area contributed by atoms with Crippen molar-refractivity contribution in [3.05, 3.63) is 35.0 Å². The summed E-state index contributed by atoms with van der Waals surface area (Å²) >= 11 is 1.87. The fraction of sp³-hybridized carbons (Fsp3) is 0.593. The first-order valence-electron chi connectivity index (χ1n) is 13.4. The number of rotatable bonds is 6. The minimum atomic E-state index is 0.104. The van der Waals surface area contributed by atoms with Gasteiger partial charge < -0.3 is 24.6 Å². The number of ether oxygens (including phenoxy) is 2. The molecule has 190 valence electrons. The third-order valence-corrected chi connectivity index (χ3v) is 9.07. The van der Waals surface area contributed by atoms with Crippen LogP contribution in [0.3, 0.4) is 0 Å². The van der Waals surface area contributed by atoms with Crippen LogP contribution in [-0.4, -0.2) is 65.0 Å². The maximum absolute atomic E-state index is 12.5. The first-order chi connectivity index (χ1) is 17.7. The highest BCUT2D eigenvalue weighted by atomic mass is 32.2. The lowest BCUT2D eigenvalue weighted by molar-refractivity contribution is -0.133. The summed E-state index contributed by atoms with van der Waals surface area (Å²) < 4.78 is 11.9. The zero-order chi connectivity index (χ0) is 24.1. The van der Waals surface area contributed by atoms with Crippen molar-refractivity contribution in [2.45, 2.75) is 68.7 Å². The van der Waals surface area contributed by atoms with Crippen LogP contribution in [-0.2, 0) is 29.0 Å². The van der Waals surface area contributed by atoms with Crippen LogP contribution in [0.15, 0.2) is 23.1 Å². The Balaban J connectivity index is 1.02. The van der Waals surface area contributed by atoms with Gasteiger partial charge in [0.2, 0.25) is 11.9 Å². The number of fused-ring (bicyclic) bond motifs is 2. The minimum absolute atomic E-state index is 0.104. The van der Waals surface area contributed by atoms with E-state index in [9.17, 15) is 4.79 Å². The van der Waals surface area contributed by atoms with Crippen molar-refractivity contribution in [3.63, 3.8) is 0 Å². The van der Waals surface area contributed by atoms with E-state index >= 15 is 0 Å². The van der Waals surface area contributed by atoms with Crippen LogP contribution >= 0.6 is 11.8 Å². The Hall–Kier alpha value is -2.52. The van der Waals surface area contributed by atoms with Crippen LogP contribution in [0.25, 0.3) is 0 Å². The molecule has 36 heavy (non-hydrogen) atoms. The zero-order valence-electron chi connectivity index (χ0n) is 20.6. The zero-order valence-corrected chi connectivity index (χ0v) is 21.4. The van der Waals surface area contributed by atoms with Crippen molar-refractivity contribution in [1.29, 1.82) is 0 Å². The topological polar surface area (TPSA) is 79.8 Å². The summed E-state index contributed by atoms with van der Waals surface area (Å²) in [5, 5.41) is 3.70. The molecule has 1 atom stereocenters. The van der Waals surface area contributed by atoms with Crippen molar-refractivity contribution in [2.75, 3.05) is 42.3 Å². The van der Waals surface area contributed by atoms with Gasteiger partial charge in [0.1, 0.15) is 17.7 Å². The molecule has 1 unspecified atom stereocenters. The Morgan fingerprint density at radius 3 is 2.81 bits per heavy atom. The molecule has 5 heterocycles. The Morgan fingerprint density at radius 2 is 1.94 bits per heavy atom. The monoisotopic (exact) mass is 507 g/mol.